The Kier molecular flexibility index (Phi) is 13.1. The summed E-state index contributed by atoms with van der Waals surface area (Å²) in [4.78, 5) is 0. The molecular weight excluding hydrogens is 150 g/mol. The second-order valence-corrected chi connectivity index (χ2v) is 3.10. The Balaban J connectivity index is 0. The lowest BCUT2D eigenvalue weighted by molar-refractivity contribution is 0.199. The van der Waals surface area contributed by atoms with Crippen LogP contribution in [0, 0.1) is 5.92 Å². The molecule has 0 spiro atoms. The number of rotatable bonds is 1. The monoisotopic (exact) mass is 175 g/mol. The summed E-state index contributed by atoms with van der Waals surface area (Å²) in [6, 6.07) is 0. The van der Waals surface area contributed by atoms with E-state index < -0.39 is 0 Å². The number of aliphatic hydroxyl groups is 1. The van der Waals surface area contributed by atoms with Crippen molar-refractivity contribution in [3.8, 4) is 0 Å². The van der Waals surface area contributed by atoms with E-state index in [1.807, 2.05) is 0 Å². The molecule has 2 N–H and O–H groups in total. The van der Waals surface area contributed by atoms with E-state index in [1.54, 1.807) is 0 Å². The van der Waals surface area contributed by atoms with Crippen LogP contribution in [0.3, 0.4) is 0 Å². The maximum Gasteiger partial charge on any atom is 0.0471 e. The second kappa shape index (κ2) is 10.9. The van der Waals surface area contributed by atoms with Gasteiger partial charge in [0.05, 0.1) is 0 Å². The molecule has 0 unspecified atom stereocenters. The van der Waals surface area contributed by atoms with Crippen LogP contribution in [0.15, 0.2) is 0 Å². The molecule has 0 aromatic rings. The largest absolute Gasteiger partial charge is 0.396 e. The Morgan fingerprint density at radius 3 is 2.25 bits per heavy atom. The zero-order valence-corrected chi connectivity index (χ0v) is 7.77. The van der Waals surface area contributed by atoms with Gasteiger partial charge < -0.3 is 10.4 Å². The molecule has 0 amide bonds. The van der Waals surface area contributed by atoms with Crippen LogP contribution in [0.4, 0.5) is 0 Å². The summed E-state index contributed by atoms with van der Waals surface area (Å²) in [7, 11) is 0. The van der Waals surface area contributed by atoms with Gasteiger partial charge in [0, 0.05) is 13.2 Å². The number of hydrogen-bond donors (Lipinski definition) is 2. The van der Waals surface area contributed by atoms with Crippen molar-refractivity contribution in [1.29, 1.82) is 0 Å². The van der Waals surface area contributed by atoms with Crippen molar-refractivity contribution in [3.05, 3.63) is 0 Å². The van der Waals surface area contributed by atoms with Crippen LogP contribution >= 0.6 is 0 Å². The third-order valence-electron chi connectivity index (χ3n) is 1.66. The van der Waals surface area contributed by atoms with E-state index in [-0.39, 0.29) is 7.43 Å². The van der Waals surface area contributed by atoms with Crippen LogP contribution in [0.25, 0.3) is 0 Å². The van der Waals surface area contributed by atoms with E-state index in [0.717, 1.165) is 13.1 Å². The molecule has 0 saturated carbocycles. The highest BCUT2D eigenvalue weighted by Crippen LogP contribution is 2.07. The van der Waals surface area contributed by atoms with Crippen molar-refractivity contribution in [3.63, 3.8) is 0 Å². The maximum absolute atomic E-state index is 8.65. The lowest BCUT2D eigenvalue weighted by atomic mass is 10.0. The van der Waals surface area contributed by atoms with Gasteiger partial charge in [-0.05, 0) is 25.3 Å². The van der Waals surface area contributed by atoms with Gasteiger partial charge in [-0.3, -0.25) is 0 Å². The molecule has 76 valence electrons. The lowest BCUT2D eigenvalue weighted by Gasteiger charge is -2.19. The summed E-state index contributed by atoms with van der Waals surface area (Å²) in [5.74, 6) is 0.531. The quantitative estimate of drug-likeness (QED) is 0.639. The number of aliphatic hydroxyl groups excluding tert-OH is 1. The third-order valence-corrected chi connectivity index (χ3v) is 1.66. The first-order valence-corrected chi connectivity index (χ1v) is 4.66. The van der Waals surface area contributed by atoms with Crippen molar-refractivity contribution in [2.45, 2.75) is 40.5 Å². The van der Waals surface area contributed by atoms with Gasteiger partial charge in [0.15, 0.2) is 0 Å². The van der Waals surface area contributed by atoms with E-state index in [1.165, 1.54) is 19.3 Å². The van der Waals surface area contributed by atoms with Crippen molar-refractivity contribution in [2.75, 3.05) is 19.7 Å². The summed E-state index contributed by atoms with van der Waals surface area (Å²) in [6.07, 6.45) is 3.68. The van der Waals surface area contributed by atoms with Gasteiger partial charge in [0.1, 0.15) is 0 Å². The van der Waals surface area contributed by atoms with E-state index in [9.17, 15) is 0 Å². The summed E-state index contributed by atoms with van der Waals surface area (Å²) in [6.45, 7) is 6.75. The highest BCUT2D eigenvalue weighted by atomic mass is 16.3. The molecule has 1 fully saturated rings. The molecular formula is C10H25NO. The molecule has 1 saturated heterocycles. The predicted octanol–water partition coefficient (Wildman–Crippen LogP) is 2.03. The Morgan fingerprint density at radius 1 is 1.42 bits per heavy atom. The first-order chi connectivity index (χ1) is 5.35. The Morgan fingerprint density at radius 2 is 2.00 bits per heavy atom. The van der Waals surface area contributed by atoms with Gasteiger partial charge >= 0.3 is 0 Å². The predicted molar refractivity (Wildman–Crippen MR) is 55.4 cm³/mol. The van der Waals surface area contributed by atoms with Gasteiger partial charge in [-0.25, -0.2) is 0 Å². The molecule has 1 rings (SSSR count). The highest BCUT2D eigenvalue weighted by Gasteiger charge is 2.09. The first kappa shape index (κ1) is 14.4. The first-order valence-electron chi connectivity index (χ1n) is 4.66. The van der Waals surface area contributed by atoms with E-state index in [4.69, 9.17) is 5.11 Å². The van der Waals surface area contributed by atoms with Crippen molar-refractivity contribution in [2.24, 2.45) is 5.92 Å². The van der Waals surface area contributed by atoms with Crippen LogP contribution in [-0.2, 0) is 0 Å². The fraction of sp³-hybridized carbons (Fsp3) is 1.00. The molecule has 1 atom stereocenters. The van der Waals surface area contributed by atoms with Crippen LogP contribution in [-0.4, -0.2) is 24.8 Å². The lowest BCUT2D eigenvalue weighted by Crippen LogP contribution is -2.31. The molecule has 0 aromatic carbocycles. The molecule has 0 bridgehead atoms. The van der Waals surface area contributed by atoms with Gasteiger partial charge in [-0.1, -0.05) is 27.7 Å². The summed E-state index contributed by atoms with van der Waals surface area (Å²) in [5, 5.41) is 11.9. The van der Waals surface area contributed by atoms with Gasteiger partial charge in [0.2, 0.25) is 0 Å². The van der Waals surface area contributed by atoms with E-state index in [2.05, 4.69) is 19.2 Å². The van der Waals surface area contributed by atoms with Gasteiger partial charge in [-0.15, -0.1) is 0 Å². The van der Waals surface area contributed by atoms with Gasteiger partial charge in [0.25, 0.3) is 0 Å². The molecule has 12 heavy (non-hydrogen) atoms. The summed E-state index contributed by atoms with van der Waals surface area (Å²) >= 11 is 0. The summed E-state index contributed by atoms with van der Waals surface area (Å²) in [5.41, 5.74) is 0. The standard InChI is InChI=1S/C6H13NO.C3H8.CH4/c8-5-6-2-1-3-7-4-6;1-3-2;/h6-8H,1-5H2;3H2,1-2H3;1H4/t6-;;/m1../s1. The minimum atomic E-state index is 0. The second-order valence-electron chi connectivity index (χ2n) is 3.10. The molecule has 1 aliphatic heterocycles. The minimum absolute atomic E-state index is 0. The van der Waals surface area contributed by atoms with Gasteiger partial charge in [-0.2, -0.15) is 0 Å². The van der Waals surface area contributed by atoms with Crippen LogP contribution in [0.2, 0.25) is 0 Å². The number of nitrogens with one attached hydrogen (secondary N) is 1. The smallest absolute Gasteiger partial charge is 0.0471 e. The minimum Gasteiger partial charge on any atom is -0.396 e. The van der Waals surface area contributed by atoms with Crippen LogP contribution < -0.4 is 5.32 Å². The highest BCUT2D eigenvalue weighted by molar-refractivity contribution is 4.66. The zero-order valence-electron chi connectivity index (χ0n) is 7.77. The molecule has 0 aromatic heterocycles. The SMILES string of the molecule is C.CCC.OC[C@@H]1CCCNC1. The van der Waals surface area contributed by atoms with Crippen LogP contribution in [0.5, 0.6) is 0 Å². The molecule has 1 heterocycles. The summed E-state index contributed by atoms with van der Waals surface area (Å²) < 4.78 is 0. The Labute approximate surface area is 77.4 Å². The molecule has 2 heteroatoms. The van der Waals surface area contributed by atoms with Crippen LogP contribution in [0.1, 0.15) is 40.5 Å². The molecule has 0 aliphatic carbocycles. The van der Waals surface area contributed by atoms with Crippen molar-refractivity contribution in [1.82, 2.24) is 5.32 Å². The van der Waals surface area contributed by atoms with Crippen molar-refractivity contribution >= 4 is 0 Å². The fourth-order valence-electron chi connectivity index (χ4n) is 1.08. The van der Waals surface area contributed by atoms with Crippen molar-refractivity contribution < 1.29 is 5.11 Å². The average Bonchev–Trinajstić information content (AvgIpc) is 2.08. The Hall–Kier alpha value is -0.0800. The topological polar surface area (TPSA) is 32.3 Å². The molecule has 2 nitrogen and oxygen atoms in total. The number of hydrogen-bond acceptors (Lipinski definition) is 2. The fourth-order valence-corrected chi connectivity index (χ4v) is 1.08. The normalized spacial score (nSPS) is 21.8. The Bertz CT molecular complexity index is 70.2. The van der Waals surface area contributed by atoms with E-state index in [0.29, 0.717) is 12.5 Å². The number of piperidine rings is 1. The average molecular weight is 175 g/mol. The molecule has 1 aliphatic rings. The van der Waals surface area contributed by atoms with E-state index >= 15 is 0 Å². The molecule has 0 radical (unpaired) electrons. The zero-order chi connectivity index (χ0) is 8.53. The third kappa shape index (κ3) is 8.02. The maximum atomic E-state index is 8.65.